The molecule has 0 aromatic heterocycles. The van der Waals surface area contributed by atoms with Gasteiger partial charge < -0.3 is 15.4 Å². The molecule has 0 bridgehead atoms. The van der Waals surface area contributed by atoms with Crippen molar-refractivity contribution < 1.29 is 9.53 Å². The zero-order valence-electron chi connectivity index (χ0n) is 10.9. The predicted molar refractivity (Wildman–Crippen MR) is 72.6 cm³/mol. The minimum atomic E-state index is -0.0841. The third kappa shape index (κ3) is 4.22. The Morgan fingerprint density at radius 1 is 1.50 bits per heavy atom. The van der Waals surface area contributed by atoms with Crippen LogP contribution in [-0.4, -0.2) is 26.1 Å². The Balaban J connectivity index is 2.56. The normalized spacial score (nSPS) is 11.7. The minimum absolute atomic E-state index is 0.0461. The smallest absolute Gasteiger partial charge is 0.234 e. The number of carbonyl (C=O) groups is 1. The Morgan fingerprint density at radius 2 is 2.22 bits per heavy atom. The Bertz CT molecular complexity index is 405. The monoisotopic (exact) mass is 248 g/mol. The Labute approximate surface area is 108 Å². The average molecular weight is 248 g/mol. The van der Waals surface area contributed by atoms with Gasteiger partial charge in [0.15, 0.2) is 0 Å². The first kappa shape index (κ1) is 14.3. The van der Waals surface area contributed by atoms with Crippen molar-refractivity contribution in [3.63, 3.8) is 0 Å². The van der Waals surface area contributed by atoms with Gasteiger partial charge in [0.25, 0.3) is 0 Å². The van der Waals surface area contributed by atoms with Crippen molar-refractivity contribution in [2.24, 2.45) is 0 Å². The molecule has 1 amide bonds. The largest absolute Gasteiger partial charge is 0.496 e. The molecule has 0 saturated carbocycles. The molecule has 4 nitrogen and oxygen atoms in total. The molecule has 0 heterocycles. The third-order valence-corrected chi connectivity index (χ3v) is 2.56. The van der Waals surface area contributed by atoms with Crippen LogP contribution in [0.25, 0.3) is 0 Å². The van der Waals surface area contributed by atoms with Gasteiger partial charge in [0.2, 0.25) is 5.91 Å². The van der Waals surface area contributed by atoms with Crippen molar-refractivity contribution >= 4 is 5.91 Å². The zero-order valence-corrected chi connectivity index (χ0v) is 10.9. The van der Waals surface area contributed by atoms with Crippen LogP contribution in [0.2, 0.25) is 0 Å². The molecular weight excluding hydrogens is 228 g/mol. The standard InChI is InChI=1S/C14H20N2O2/c1-4-9-15-10-14(17)16-11(2)12-7-5-6-8-13(12)18-3/h4-8,11,15H,1,9-10H2,2-3H3,(H,16,17)/t11-/m0/s1. The predicted octanol–water partition coefficient (Wildman–Crippen LogP) is 1.65. The van der Waals surface area contributed by atoms with Gasteiger partial charge in [-0.2, -0.15) is 0 Å². The second-order valence-corrected chi connectivity index (χ2v) is 3.95. The summed E-state index contributed by atoms with van der Waals surface area (Å²) in [5, 5.41) is 5.87. The van der Waals surface area contributed by atoms with E-state index in [-0.39, 0.29) is 18.5 Å². The maximum Gasteiger partial charge on any atom is 0.234 e. The van der Waals surface area contributed by atoms with E-state index in [1.807, 2.05) is 31.2 Å². The summed E-state index contributed by atoms with van der Waals surface area (Å²) in [6, 6.07) is 7.58. The molecule has 0 aliphatic carbocycles. The number of ether oxygens (including phenoxy) is 1. The first-order valence-electron chi connectivity index (χ1n) is 5.93. The summed E-state index contributed by atoms with van der Waals surface area (Å²) in [6.07, 6.45) is 1.72. The maximum absolute atomic E-state index is 11.7. The van der Waals surface area contributed by atoms with Gasteiger partial charge >= 0.3 is 0 Å². The number of benzene rings is 1. The van der Waals surface area contributed by atoms with Crippen LogP contribution in [0.5, 0.6) is 5.75 Å². The zero-order chi connectivity index (χ0) is 13.4. The molecule has 18 heavy (non-hydrogen) atoms. The van der Waals surface area contributed by atoms with Crippen LogP contribution in [0.4, 0.5) is 0 Å². The lowest BCUT2D eigenvalue weighted by Crippen LogP contribution is -2.35. The Hall–Kier alpha value is -1.81. The van der Waals surface area contributed by atoms with E-state index in [0.717, 1.165) is 11.3 Å². The molecule has 4 heteroatoms. The van der Waals surface area contributed by atoms with Crippen LogP contribution in [0.3, 0.4) is 0 Å². The van der Waals surface area contributed by atoms with Crippen molar-refractivity contribution in [2.75, 3.05) is 20.2 Å². The summed E-state index contributed by atoms with van der Waals surface area (Å²) in [5.41, 5.74) is 0.970. The second kappa shape index (κ2) is 7.50. The number of para-hydroxylation sites is 1. The summed E-state index contributed by atoms with van der Waals surface area (Å²) in [6.45, 7) is 6.42. The van der Waals surface area contributed by atoms with Crippen molar-refractivity contribution in [3.8, 4) is 5.75 Å². The van der Waals surface area contributed by atoms with E-state index < -0.39 is 0 Å². The highest BCUT2D eigenvalue weighted by Gasteiger charge is 2.12. The van der Waals surface area contributed by atoms with E-state index in [0.29, 0.717) is 6.54 Å². The molecule has 2 N–H and O–H groups in total. The van der Waals surface area contributed by atoms with Crippen LogP contribution in [-0.2, 0) is 4.79 Å². The first-order valence-corrected chi connectivity index (χ1v) is 5.93. The van der Waals surface area contributed by atoms with Gasteiger partial charge in [0.1, 0.15) is 5.75 Å². The topological polar surface area (TPSA) is 50.4 Å². The lowest BCUT2D eigenvalue weighted by atomic mass is 10.1. The van der Waals surface area contributed by atoms with Gasteiger partial charge in [-0.25, -0.2) is 0 Å². The SMILES string of the molecule is C=CCNCC(=O)N[C@@H](C)c1ccccc1OC. The Kier molecular flexibility index (Phi) is 5.94. The van der Waals surface area contributed by atoms with Gasteiger partial charge in [0, 0.05) is 12.1 Å². The fourth-order valence-corrected chi connectivity index (χ4v) is 1.68. The molecule has 0 aliphatic heterocycles. The van der Waals surface area contributed by atoms with E-state index in [4.69, 9.17) is 4.74 Å². The Morgan fingerprint density at radius 3 is 2.89 bits per heavy atom. The summed E-state index contributed by atoms with van der Waals surface area (Å²) in [7, 11) is 1.62. The van der Waals surface area contributed by atoms with Crippen LogP contribution >= 0.6 is 0 Å². The molecule has 1 aromatic carbocycles. The first-order chi connectivity index (χ1) is 8.69. The van der Waals surface area contributed by atoms with Gasteiger partial charge in [-0.15, -0.1) is 6.58 Å². The number of hydrogen-bond donors (Lipinski definition) is 2. The minimum Gasteiger partial charge on any atom is -0.496 e. The number of methoxy groups -OCH3 is 1. The van der Waals surface area contributed by atoms with E-state index >= 15 is 0 Å². The molecule has 0 aliphatic rings. The molecule has 0 saturated heterocycles. The molecule has 1 rings (SSSR count). The number of carbonyl (C=O) groups excluding carboxylic acids is 1. The average Bonchev–Trinajstić information content (AvgIpc) is 2.39. The van der Waals surface area contributed by atoms with Crippen LogP contribution < -0.4 is 15.4 Å². The molecule has 1 atom stereocenters. The van der Waals surface area contributed by atoms with Crippen molar-refractivity contribution in [3.05, 3.63) is 42.5 Å². The van der Waals surface area contributed by atoms with Crippen LogP contribution in [0, 0.1) is 0 Å². The number of nitrogens with one attached hydrogen (secondary N) is 2. The van der Waals surface area contributed by atoms with E-state index in [2.05, 4.69) is 17.2 Å². The fourth-order valence-electron chi connectivity index (χ4n) is 1.68. The molecule has 0 unspecified atom stereocenters. The maximum atomic E-state index is 11.7. The molecule has 0 fully saturated rings. The lowest BCUT2D eigenvalue weighted by molar-refractivity contribution is -0.120. The van der Waals surface area contributed by atoms with Crippen molar-refractivity contribution in [1.82, 2.24) is 10.6 Å². The molecule has 1 aromatic rings. The quantitative estimate of drug-likeness (QED) is 0.570. The third-order valence-electron chi connectivity index (χ3n) is 2.56. The van der Waals surface area contributed by atoms with Crippen LogP contribution in [0.1, 0.15) is 18.5 Å². The second-order valence-electron chi connectivity index (χ2n) is 3.95. The van der Waals surface area contributed by atoms with Crippen LogP contribution in [0.15, 0.2) is 36.9 Å². The number of amides is 1. The summed E-state index contributed by atoms with van der Waals surface area (Å²) >= 11 is 0. The summed E-state index contributed by atoms with van der Waals surface area (Å²) in [4.78, 5) is 11.7. The number of rotatable bonds is 7. The van der Waals surface area contributed by atoms with Gasteiger partial charge in [0.05, 0.1) is 19.7 Å². The van der Waals surface area contributed by atoms with E-state index in [1.54, 1.807) is 13.2 Å². The summed E-state index contributed by atoms with van der Waals surface area (Å²) in [5.74, 6) is 0.736. The highest BCUT2D eigenvalue weighted by molar-refractivity contribution is 5.78. The summed E-state index contributed by atoms with van der Waals surface area (Å²) < 4.78 is 5.27. The molecule has 98 valence electrons. The molecule has 0 spiro atoms. The van der Waals surface area contributed by atoms with Gasteiger partial charge in [-0.05, 0) is 13.0 Å². The van der Waals surface area contributed by atoms with Crippen molar-refractivity contribution in [1.29, 1.82) is 0 Å². The highest BCUT2D eigenvalue weighted by Crippen LogP contribution is 2.23. The molecule has 0 radical (unpaired) electrons. The van der Waals surface area contributed by atoms with E-state index in [9.17, 15) is 4.79 Å². The van der Waals surface area contributed by atoms with Crippen molar-refractivity contribution in [2.45, 2.75) is 13.0 Å². The highest BCUT2D eigenvalue weighted by atomic mass is 16.5. The lowest BCUT2D eigenvalue weighted by Gasteiger charge is -2.17. The molecular formula is C14H20N2O2. The van der Waals surface area contributed by atoms with Gasteiger partial charge in [-0.3, -0.25) is 4.79 Å². The van der Waals surface area contributed by atoms with Gasteiger partial charge in [-0.1, -0.05) is 24.3 Å². The fraction of sp³-hybridized carbons (Fsp3) is 0.357. The van der Waals surface area contributed by atoms with E-state index in [1.165, 1.54) is 0 Å². The number of hydrogen-bond acceptors (Lipinski definition) is 3.